The van der Waals surface area contributed by atoms with E-state index >= 15 is 0 Å². The third-order valence-electron chi connectivity index (χ3n) is 6.30. The first-order valence-electron chi connectivity index (χ1n) is 11.4. The molecule has 0 radical (unpaired) electrons. The summed E-state index contributed by atoms with van der Waals surface area (Å²) in [4.78, 5) is 27.6. The van der Waals surface area contributed by atoms with Crippen LogP contribution in [0.25, 0.3) is 11.1 Å². The van der Waals surface area contributed by atoms with Crippen molar-refractivity contribution in [2.24, 2.45) is 5.92 Å². The summed E-state index contributed by atoms with van der Waals surface area (Å²) in [6, 6.07) is 7.10. The fourth-order valence-electron chi connectivity index (χ4n) is 4.52. The lowest BCUT2D eigenvalue weighted by Crippen LogP contribution is -2.53. The van der Waals surface area contributed by atoms with E-state index in [4.69, 9.17) is 0 Å². The molecule has 1 aromatic carbocycles. The number of carbonyl (C=O) groups excluding carboxylic acids is 2. The standard InChI is InChI=1S/C24H35N5O2/c1-5-29(6-2)24(31)26-22(19-10-8-7-9-11-19)23(30)25-20-14-12-18(13-15-20)21-16(3)27-28-17(21)4/h12-15,19,22H,5-11H2,1-4H3,(H,25,30)(H,26,31)(H,27,28). The fraction of sp³-hybridized carbons (Fsp3) is 0.542. The summed E-state index contributed by atoms with van der Waals surface area (Å²) in [5, 5.41) is 13.3. The molecule has 0 aliphatic heterocycles. The number of hydrogen-bond donors (Lipinski definition) is 3. The number of nitrogens with one attached hydrogen (secondary N) is 3. The van der Waals surface area contributed by atoms with Crippen molar-refractivity contribution in [3.8, 4) is 11.1 Å². The van der Waals surface area contributed by atoms with Gasteiger partial charge in [-0.25, -0.2) is 4.79 Å². The second-order valence-electron chi connectivity index (χ2n) is 8.37. The highest BCUT2D eigenvalue weighted by Crippen LogP contribution is 2.29. The number of H-pyrrole nitrogens is 1. The number of nitrogens with zero attached hydrogens (tertiary/aromatic N) is 2. The molecule has 1 heterocycles. The summed E-state index contributed by atoms with van der Waals surface area (Å²) in [6.07, 6.45) is 5.34. The number of urea groups is 1. The SMILES string of the molecule is CCN(CC)C(=O)NC(C(=O)Nc1ccc(-c2c(C)n[nH]c2C)cc1)C1CCCCC1. The average Bonchev–Trinajstić information content (AvgIpc) is 3.12. The zero-order chi connectivity index (χ0) is 22.4. The number of anilines is 1. The lowest BCUT2D eigenvalue weighted by atomic mass is 9.83. The van der Waals surface area contributed by atoms with Crippen LogP contribution in [-0.4, -0.2) is 46.2 Å². The van der Waals surface area contributed by atoms with Crippen molar-refractivity contribution in [3.63, 3.8) is 0 Å². The Balaban J connectivity index is 1.74. The molecule has 3 amide bonds. The third kappa shape index (κ3) is 5.46. The average molecular weight is 426 g/mol. The summed E-state index contributed by atoms with van der Waals surface area (Å²) < 4.78 is 0. The Morgan fingerprint density at radius 2 is 1.74 bits per heavy atom. The van der Waals surface area contributed by atoms with Crippen LogP contribution in [0.3, 0.4) is 0 Å². The van der Waals surface area contributed by atoms with Crippen LogP contribution in [0.5, 0.6) is 0 Å². The minimum atomic E-state index is -0.522. The number of aromatic amines is 1. The van der Waals surface area contributed by atoms with Crippen LogP contribution in [0.4, 0.5) is 10.5 Å². The molecule has 7 heteroatoms. The Morgan fingerprint density at radius 1 is 1.10 bits per heavy atom. The van der Waals surface area contributed by atoms with E-state index < -0.39 is 6.04 Å². The lowest BCUT2D eigenvalue weighted by Gasteiger charge is -2.32. The zero-order valence-electron chi connectivity index (χ0n) is 19.1. The molecule has 1 unspecified atom stereocenters. The Labute approximate surface area is 185 Å². The first-order valence-corrected chi connectivity index (χ1v) is 11.4. The van der Waals surface area contributed by atoms with Gasteiger partial charge in [-0.2, -0.15) is 5.10 Å². The van der Waals surface area contributed by atoms with Crippen LogP contribution in [-0.2, 0) is 4.79 Å². The van der Waals surface area contributed by atoms with Crippen molar-refractivity contribution in [1.82, 2.24) is 20.4 Å². The predicted molar refractivity (Wildman–Crippen MR) is 124 cm³/mol. The molecular weight excluding hydrogens is 390 g/mol. The number of amides is 3. The molecule has 1 aliphatic rings. The van der Waals surface area contributed by atoms with Gasteiger partial charge in [0.1, 0.15) is 6.04 Å². The Kier molecular flexibility index (Phi) is 7.71. The minimum absolute atomic E-state index is 0.143. The molecule has 1 aromatic heterocycles. The van der Waals surface area contributed by atoms with Gasteiger partial charge in [0.2, 0.25) is 5.91 Å². The van der Waals surface area contributed by atoms with Gasteiger partial charge >= 0.3 is 6.03 Å². The van der Waals surface area contributed by atoms with Crippen LogP contribution in [0.2, 0.25) is 0 Å². The van der Waals surface area contributed by atoms with Crippen LogP contribution in [0.1, 0.15) is 57.3 Å². The van der Waals surface area contributed by atoms with Crippen molar-refractivity contribution >= 4 is 17.6 Å². The van der Waals surface area contributed by atoms with Crippen LogP contribution in [0, 0.1) is 19.8 Å². The van der Waals surface area contributed by atoms with E-state index in [1.807, 2.05) is 52.0 Å². The normalized spacial score (nSPS) is 15.4. The highest BCUT2D eigenvalue weighted by Gasteiger charge is 2.32. The van der Waals surface area contributed by atoms with E-state index in [1.54, 1.807) is 4.90 Å². The second-order valence-corrected chi connectivity index (χ2v) is 8.37. The Hall–Kier alpha value is -2.83. The maximum absolute atomic E-state index is 13.2. The van der Waals surface area contributed by atoms with Gasteiger partial charge in [-0.15, -0.1) is 0 Å². The minimum Gasteiger partial charge on any atom is -0.326 e. The topological polar surface area (TPSA) is 90.1 Å². The van der Waals surface area contributed by atoms with Gasteiger partial charge in [0, 0.05) is 30.0 Å². The van der Waals surface area contributed by atoms with Crippen LogP contribution in [0.15, 0.2) is 24.3 Å². The molecule has 0 bridgehead atoms. The number of benzene rings is 1. The highest BCUT2D eigenvalue weighted by molar-refractivity contribution is 5.97. The molecule has 0 spiro atoms. The van der Waals surface area contributed by atoms with E-state index in [9.17, 15) is 9.59 Å². The molecule has 3 rings (SSSR count). The molecule has 31 heavy (non-hydrogen) atoms. The fourth-order valence-corrected chi connectivity index (χ4v) is 4.52. The van der Waals surface area contributed by atoms with Crippen molar-refractivity contribution in [3.05, 3.63) is 35.7 Å². The summed E-state index contributed by atoms with van der Waals surface area (Å²) in [7, 11) is 0. The smallest absolute Gasteiger partial charge is 0.318 e. The van der Waals surface area contributed by atoms with E-state index in [-0.39, 0.29) is 17.9 Å². The van der Waals surface area contributed by atoms with Crippen LogP contribution < -0.4 is 10.6 Å². The summed E-state index contributed by atoms with van der Waals surface area (Å²) in [5.74, 6) is 0.0274. The molecule has 7 nitrogen and oxygen atoms in total. The lowest BCUT2D eigenvalue weighted by molar-refractivity contribution is -0.119. The van der Waals surface area contributed by atoms with Crippen molar-refractivity contribution in [2.45, 2.75) is 65.8 Å². The van der Waals surface area contributed by atoms with Gasteiger partial charge in [-0.05, 0) is 64.2 Å². The molecular formula is C24H35N5O2. The Morgan fingerprint density at radius 3 is 2.29 bits per heavy atom. The van der Waals surface area contributed by atoms with Gasteiger partial charge in [0.25, 0.3) is 0 Å². The number of hydrogen-bond acceptors (Lipinski definition) is 3. The molecule has 3 N–H and O–H groups in total. The van der Waals surface area contributed by atoms with Gasteiger partial charge < -0.3 is 15.5 Å². The number of carbonyl (C=O) groups is 2. The third-order valence-corrected chi connectivity index (χ3v) is 6.30. The highest BCUT2D eigenvalue weighted by atomic mass is 16.2. The molecule has 1 aliphatic carbocycles. The maximum Gasteiger partial charge on any atom is 0.318 e. The van der Waals surface area contributed by atoms with Gasteiger partial charge in [0.15, 0.2) is 0 Å². The number of rotatable bonds is 7. The molecule has 1 atom stereocenters. The summed E-state index contributed by atoms with van der Waals surface area (Å²) in [6.45, 7) is 9.11. The van der Waals surface area contributed by atoms with E-state index in [0.717, 1.165) is 53.9 Å². The van der Waals surface area contributed by atoms with E-state index in [0.29, 0.717) is 13.1 Å². The van der Waals surface area contributed by atoms with Gasteiger partial charge in [0.05, 0.1) is 5.69 Å². The molecule has 1 saturated carbocycles. The molecule has 2 aromatic rings. The Bertz CT molecular complexity index is 860. The van der Waals surface area contributed by atoms with Crippen molar-refractivity contribution in [1.29, 1.82) is 0 Å². The van der Waals surface area contributed by atoms with Crippen molar-refractivity contribution in [2.75, 3.05) is 18.4 Å². The molecule has 168 valence electrons. The van der Waals surface area contributed by atoms with E-state index in [2.05, 4.69) is 20.8 Å². The van der Waals surface area contributed by atoms with Crippen molar-refractivity contribution < 1.29 is 9.59 Å². The largest absolute Gasteiger partial charge is 0.326 e. The monoisotopic (exact) mass is 425 g/mol. The summed E-state index contributed by atoms with van der Waals surface area (Å²) in [5.41, 5.74) is 4.84. The van der Waals surface area contributed by atoms with Gasteiger partial charge in [-0.3, -0.25) is 9.89 Å². The maximum atomic E-state index is 13.2. The molecule has 1 fully saturated rings. The van der Waals surface area contributed by atoms with E-state index in [1.165, 1.54) is 6.42 Å². The number of aryl methyl sites for hydroxylation is 2. The first kappa shape index (κ1) is 22.8. The summed E-state index contributed by atoms with van der Waals surface area (Å²) >= 11 is 0. The van der Waals surface area contributed by atoms with Gasteiger partial charge in [-0.1, -0.05) is 31.4 Å². The zero-order valence-corrected chi connectivity index (χ0v) is 19.1. The predicted octanol–water partition coefficient (Wildman–Crippen LogP) is 4.63. The first-order chi connectivity index (χ1) is 14.9. The quantitative estimate of drug-likeness (QED) is 0.604. The second kappa shape index (κ2) is 10.5. The van der Waals surface area contributed by atoms with Crippen LogP contribution >= 0.6 is 0 Å². The number of aromatic nitrogens is 2. The molecule has 0 saturated heterocycles.